The SMILES string of the molecule is Nc1ccc(-c2ccccc2-c2nn[nH]n2)cc1N. The summed E-state index contributed by atoms with van der Waals surface area (Å²) in [6.07, 6.45) is 0. The highest BCUT2D eigenvalue weighted by atomic mass is 15.5. The van der Waals surface area contributed by atoms with Gasteiger partial charge in [-0.15, -0.1) is 10.2 Å². The number of rotatable bonds is 2. The molecule has 19 heavy (non-hydrogen) atoms. The third kappa shape index (κ3) is 1.99. The molecule has 6 heteroatoms. The van der Waals surface area contributed by atoms with Crippen molar-refractivity contribution in [3.8, 4) is 22.5 Å². The van der Waals surface area contributed by atoms with Crippen molar-refractivity contribution >= 4 is 11.4 Å². The third-order valence-electron chi connectivity index (χ3n) is 2.91. The van der Waals surface area contributed by atoms with Crippen LogP contribution in [0.3, 0.4) is 0 Å². The van der Waals surface area contributed by atoms with E-state index in [1.54, 1.807) is 6.07 Å². The van der Waals surface area contributed by atoms with Crippen molar-refractivity contribution in [1.29, 1.82) is 0 Å². The fourth-order valence-electron chi connectivity index (χ4n) is 1.95. The van der Waals surface area contributed by atoms with E-state index in [1.165, 1.54) is 0 Å². The maximum Gasteiger partial charge on any atom is 0.205 e. The molecule has 6 nitrogen and oxygen atoms in total. The molecule has 0 aliphatic heterocycles. The molecule has 1 aromatic heterocycles. The molecule has 0 unspecified atom stereocenters. The van der Waals surface area contributed by atoms with Gasteiger partial charge in [0.2, 0.25) is 5.82 Å². The smallest absolute Gasteiger partial charge is 0.205 e. The second-order valence-electron chi connectivity index (χ2n) is 4.12. The molecule has 3 rings (SSSR count). The van der Waals surface area contributed by atoms with Crippen LogP contribution < -0.4 is 11.5 Å². The molecule has 0 amide bonds. The Morgan fingerprint density at radius 2 is 1.68 bits per heavy atom. The second kappa shape index (κ2) is 4.41. The van der Waals surface area contributed by atoms with E-state index in [1.807, 2.05) is 36.4 Å². The quantitative estimate of drug-likeness (QED) is 0.602. The summed E-state index contributed by atoms with van der Waals surface area (Å²) in [5, 5.41) is 14.1. The summed E-state index contributed by atoms with van der Waals surface area (Å²) in [4.78, 5) is 0. The molecule has 0 aliphatic rings. The van der Waals surface area contributed by atoms with Crippen molar-refractivity contribution in [3.63, 3.8) is 0 Å². The number of tetrazole rings is 1. The van der Waals surface area contributed by atoms with Gasteiger partial charge in [-0.25, -0.2) is 0 Å². The van der Waals surface area contributed by atoms with Gasteiger partial charge in [-0.05, 0) is 28.5 Å². The molecule has 0 bridgehead atoms. The Labute approximate surface area is 109 Å². The number of anilines is 2. The predicted octanol–water partition coefficient (Wildman–Crippen LogP) is 1.70. The molecule has 5 N–H and O–H groups in total. The molecule has 1 heterocycles. The Morgan fingerprint density at radius 1 is 0.895 bits per heavy atom. The molecule has 0 saturated carbocycles. The van der Waals surface area contributed by atoms with Gasteiger partial charge < -0.3 is 11.5 Å². The summed E-state index contributed by atoms with van der Waals surface area (Å²) in [5.74, 6) is 0.547. The third-order valence-corrected chi connectivity index (χ3v) is 2.91. The van der Waals surface area contributed by atoms with Crippen LogP contribution in [-0.2, 0) is 0 Å². The van der Waals surface area contributed by atoms with Crippen molar-refractivity contribution in [2.24, 2.45) is 0 Å². The fourth-order valence-corrected chi connectivity index (χ4v) is 1.95. The lowest BCUT2D eigenvalue weighted by atomic mass is 9.98. The Kier molecular flexibility index (Phi) is 2.60. The van der Waals surface area contributed by atoms with Crippen LogP contribution in [0.25, 0.3) is 22.5 Å². The van der Waals surface area contributed by atoms with E-state index in [0.717, 1.165) is 16.7 Å². The average molecular weight is 252 g/mol. The highest BCUT2D eigenvalue weighted by molar-refractivity contribution is 5.83. The first-order valence-electron chi connectivity index (χ1n) is 5.74. The first-order chi connectivity index (χ1) is 9.25. The fraction of sp³-hybridized carbons (Fsp3) is 0. The molecular formula is C13H12N6. The number of aromatic amines is 1. The highest BCUT2D eigenvalue weighted by Gasteiger charge is 2.10. The van der Waals surface area contributed by atoms with E-state index in [4.69, 9.17) is 11.5 Å². The number of nitrogens with two attached hydrogens (primary N) is 2. The van der Waals surface area contributed by atoms with Crippen LogP contribution in [-0.4, -0.2) is 20.6 Å². The molecule has 0 fully saturated rings. The highest BCUT2D eigenvalue weighted by Crippen LogP contribution is 2.31. The van der Waals surface area contributed by atoms with Gasteiger partial charge in [-0.3, -0.25) is 0 Å². The van der Waals surface area contributed by atoms with Crippen molar-refractivity contribution < 1.29 is 0 Å². The van der Waals surface area contributed by atoms with Crippen molar-refractivity contribution in [2.75, 3.05) is 11.5 Å². The zero-order chi connectivity index (χ0) is 13.2. The van der Waals surface area contributed by atoms with Gasteiger partial charge in [0.1, 0.15) is 0 Å². The maximum absolute atomic E-state index is 5.85. The Hall–Kier alpha value is -2.89. The summed E-state index contributed by atoms with van der Waals surface area (Å²) in [7, 11) is 0. The molecule has 0 radical (unpaired) electrons. The number of hydrogen-bond acceptors (Lipinski definition) is 5. The number of aromatic nitrogens is 4. The van der Waals surface area contributed by atoms with E-state index in [0.29, 0.717) is 17.2 Å². The molecule has 94 valence electrons. The van der Waals surface area contributed by atoms with E-state index < -0.39 is 0 Å². The van der Waals surface area contributed by atoms with Gasteiger partial charge in [0, 0.05) is 5.56 Å². The summed E-state index contributed by atoms with van der Waals surface area (Å²) in [6, 6.07) is 13.3. The predicted molar refractivity (Wildman–Crippen MR) is 73.9 cm³/mol. The van der Waals surface area contributed by atoms with Crippen molar-refractivity contribution in [3.05, 3.63) is 42.5 Å². The Balaban J connectivity index is 2.17. The van der Waals surface area contributed by atoms with Gasteiger partial charge in [0.05, 0.1) is 11.4 Å². The van der Waals surface area contributed by atoms with Gasteiger partial charge in [0.25, 0.3) is 0 Å². The first-order valence-corrected chi connectivity index (χ1v) is 5.74. The second-order valence-corrected chi connectivity index (χ2v) is 4.12. The minimum atomic E-state index is 0.547. The number of nitrogens with zero attached hydrogens (tertiary/aromatic N) is 3. The lowest BCUT2D eigenvalue weighted by Crippen LogP contribution is -1.95. The van der Waals surface area contributed by atoms with Crippen LogP contribution in [0, 0.1) is 0 Å². The van der Waals surface area contributed by atoms with Crippen LogP contribution >= 0.6 is 0 Å². The summed E-state index contributed by atoms with van der Waals surface area (Å²) in [6.45, 7) is 0. The van der Waals surface area contributed by atoms with Crippen molar-refractivity contribution in [1.82, 2.24) is 20.6 Å². The summed E-state index contributed by atoms with van der Waals surface area (Å²) in [5.41, 5.74) is 15.5. The molecule has 0 spiro atoms. The standard InChI is InChI=1S/C13H12N6/c14-11-6-5-8(7-12(11)15)9-3-1-2-4-10(9)13-16-18-19-17-13/h1-7H,14-15H2,(H,16,17,18,19). The topological polar surface area (TPSA) is 106 Å². The zero-order valence-electron chi connectivity index (χ0n) is 10.0. The molecular weight excluding hydrogens is 240 g/mol. The Morgan fingerprint density at radius 3 is 2.37 bits per heavy atom. The van der Waals surface area contributed by atoms with E-state index >= 15 is 0 Å². The van der Waals surface area contributed by atoms with E-state index in [2.05, 4.69) is 20.6 Å². The number of benzene rings is 2. The normalized spacial score (nSPS) is 10.5. The molecule has 0 aliphatic carbocycles. The number of nitrogens with one attached hydrogen (secondary N) is 1. The number of H-pyrrole nitrogens is 1. The Bertz CT molecular complexity index is 705. The summed E-state index contributed by atoms with van der Waals surface area (Å²) < 4.78 is 0. The molecule has 0 saturated heterocycles. The minimum Gasteiger partial charge on any atom is -0.397 e. The number of nitrogen functional groups attached to an aromatic ring is 2. The van der Waals surface area contributed by atoms with Gasteiger partial charge in [0.15, 0.2) is 0 Å². The van der Waals surface area contributed by atoms with E-state index in [-0.39, 0.29) is 0 Å². The number of hydrogen-bond donors (Lipinski definition) is 3. The van der Waals surface area contributed by atoms with Crippen molar-refractivity contribution in [2.45, 2.75) is 0 Å². The van der Waals surface area contributed by atoms with Gasteiger partial charge in [-0.1, -0.05) is 30.3 Å². The van der Waals surface area contributed by atoms with Crippen LogP contribution in [0.2, 0.25) is 0 Å². The molecule has 3 aromatic rings. The zero-order valence-corrected chi connectivity index (χ0v) is 10.0. The lowest BCUT2D eigenvalue weighted by Gasteiger charge is -2.08. The van der Waals surface area contributed by atoms with Gasteiger partial charge in [-0.2, -0.15) is 5.21 Å². The average Bonchev–Trinajstić information content (AvgIpc) is 2.96. The van der Waals surface area contributed by atoms with Gasteiger partial charge >= 0.3 is 0 Å². The summed E-state index contributed by atoms with van der Waals surface area (Å²) >= 11 is 0. The molecule has 0 atom stereocenters. The van der Waals surface area contributed by atoms with Crippen LogP contribution in [0.1, 0.15) is 0 Å². The lowest BCUT2D eigenvalue weighted by molar-refractivity contribution is 0.881. The first kappa shape index (κ1) is 11.2. The monoisotopic (exact) mass is 252 g/mol. The van der Waals surface area contributed by atoms with E-state index in [9.17, 15) is 0 Å². The minimum absolute atomic E-state index is 0.547. The maximum atomic E-state index is 5.85. The largest absolute Gasteiger partial charge is 0.397 e. The van der Waals surface area contributed by atoms with Crippen LogP contribution in [0.5, 0.6) is 0 Å². The van der Waals surface area contributed by atoms with Crippen LogP contribution in [0.4, 0.5) is 11.4 Å². The van der Waals surface area contributed by atoms with Crippen LogP contribution in [0.15, 0.2) is 42.5 Å². The molecule has 2 aromatic carbocycles.